The lowest BCUT2D eigenvalue weighted by Gasteiger charge is -2.34. The Hall–Kier alpha value is -1.93. The molecule has 0 radical (unpaired) electrons. The number of rotatable bonds is 7. The molecule has 0 aromatic carbocycles. The molecule has 7 nitrogen and oxygen atoms in total. The van der Waals surface area contributed by atoms with Crippen LogP contribution in [0.25, 0.3) is 0 Å². The first-order chi connectivity index (χ1) is 12.3. The van der Waals surface area contributed by atoms with Crippen molar-refractivity contribution in [3.05, 3.63) is 40.7 Å². The van der Waals surface area contributed by atoms with Gasteiger partial charge in [0, 0.05) is 68.8 Å². The summed E-state index contributed by atoms with van der Waals surface area (Å²) in [4.78, 5) is 32.0. The maximum atomic E-state index is 11.8. The highest BCUT2D eigenvalue weighted by molar-refractivity contribution is 7.99. The zero-order chi connectivity index (χ0) is 17.5. The Morgan fingerprint density at radius 1 is 1.16 bits per heavy atom. The fourth-order valence-electron chi connectivity index (χ4n) is 2.75. The molecular weight excluding hydrogens is 336 g/mol. The van der Waals surface area contributed by atoms with E-state index in [-0.39, 0.29) is 5.56 Å². The second kappa shape index (κ2) is 8.96. The van der Waals surface area contributed by atoms with Crippen LogP contribution in [0.1, 0.15) is 25.3 Å². The van der Waals surface area contributed by atoms with E-state index in [1.54, 1.807) is 24.2 Å². The molecule has 0 bridgehead atoms. The summed E-state index contributed by atoms with van der Waals surface area (Å²) in [6.07, 6.45) is 9.43. The fourth-order valence-corrected chi connectivity index (χ4v) is 3.62. The number of hydrogen-bond donors (Lipinski definition) is 1. The molecule has 3 heterocycles. The highest BCUT2D eigenvalue weighted by Crippen LogP contribution is 2.15. The molecule has 0 amide bonds. The number of thioether (sulfide) groups is 1. The van der Waals surface area contributed by atoms with E-state index in [1.165, 1.54) is 12.8 Å². The van der Waals surface area contributed by atoms with Crippen LogP contribution in [-0.4, -0.2) is 56.8 Å². The highest BCUT2D eigenvalue weighted by atomic mass is 32.2. The van der Waals surface area contributed by atoms with Gasteiger partial charge in [0.05, 0.1) is 0 Å². The maximum absolute atomic E-state index is 11.8. The van der Waals surface area contributed by atoms with Crippen LogP contribution in [-0.2, 0) is 6.54 Å². The molecule has 2 aromatic rings. The summed E-state index contributed by atoms with van der Waals surface area (Å²) in [5.74, 6) is 1.59. The van der Waals surface area contributed by atoms with E-state index in [2.05, 4.69) is 31.8 Å². The summed E-state index contributed by atoms with van der Waals surface area (Å²) < 4.78 is 0. The minimum absolute atomic E-state index is 0.125. The zero-order valence-corrected chi connectivity index (χ0v) is 15.3. The molecule has 1 saturated heterocycles. The number of H-pyrrole nitrogens is 1. The topological polar surface area (TPSA) is 78.0 Å². The Morgan fingerprint density at radius 3 is 2.60 bits per heavy atom. The Labute approximate surface area is 151 Å². The standard InChI is InChI=1S/C17H24N6OS/c1-2-3-10-25-17-20-11-14(12-21-17)13-22-6-8-23(9-7-22)15-16(24)19-5-4-18-15/h4-5,11-12H,2-3,6-10,13H2,1H3,(H,19,24). The molecule has 2 aromatic heterocycles. The number of anilines is 1. The Bertz CT molecular complexity index is 712. The van der Waals surface area contributed by atoms with Crippen molar-refractivity contribution in [1.29, 1.82) is 0 Å². The van der Waals surface area contributed by atoms with Crippen LogP contribution in [0.3, 0.4) is 0 Å². The van der Waals surface area contributed by atoms with Crippen molar-refractivity contribution < 1.29 is 0 Å². The maximum Gasteiger partial charge on any atom is 0.290 e. The van der Waals surface area contributed by atoms with E-state index < -0.39 is 0 Å². The van der Waals surface area contributed by atoms with Crippen molar-refractivity contribution >= 4 is 17.6 Å². The van der Waals surface area contributed by atoms with Gasteiger partial charge in [-0.05, 0) is 6.42 Å². The van der Waals surface area contributed by atoms with Gasteiger partial charge < -0.3 is 9.88 Å². The third-order valence-corrected chi connectivity index (χ3v) is 5.14. The smallest absolute Gasteiger partial charge is 0.290 e. The second-order valence-electron chi connectivity index (χ2n) is 6.08. The van der Waals surface area contributed by atoms with Crippen molar-refractivity contribution in [2.24, 2.45) is 0 Å². The van der Waals surface area contributed by atoms with E-state index >= 15 is 0 Å². The summed E-state index contributed by atoms with van der Waals surface area (Å²) in [6.45, 7) is 6.41. The largest absolute Gasteiger partial charge is 0.349 e. The molecule has 0 saturated carbocycles. The number of aromatic nitrogens is 4. The van der Waals surface area contributed by atoms with Crippen molar-refractivity contribution in [2.75, 3.05) is 36.8 Å². The Morgan fingerprint density at radius 2 is 1.92 bits per heavy atom. The third kappa shape index (κ3) is 5.02. The molecular formula is C17H24N6OS. The van der Waals surface area contributed by atoms with Gasteiger partial charge in [0.2, 0.25) is 0 Å². The quantitative estimate of drug-likeness (QED) is 0.458. The lowest BCUT2D eigenvalue weighted by molar-refractivity contribution is 0.248. The van der Waals surface area contributed by atoms with Crippen molar-refractivity contribution in [3.8, 4) is 0 Å². The first-order valence-electron chi connectivity index (χ1n) is 8.71. The average molecular weight is 360 g/mol. The van der Waals surface area contributed by atoms with Gasteiger partial charge in [0.25, 0.3) is 5.56 Å². The molecule has 1 N–H and O–H groups in total. The molecule has 0 spiro atoms. The second-order valence-corrected chi connectivity index (χ2v) is 7.14. The van der Waals surface area contributed by atoms with Gasteiger partial charge in [-0.3, -0.25) is 9.69 Å². The fraction of sp³-hybridized carbons (Fsp3) is 0.529. The van der Waals surface area contributed by atoms with Gasteiger partial charge in [-0.25, -0.2) is 15.0 Å². The van der Waals surface area contributed by atoms with Crippen LogP contribution in [0.4, 0.5) is 5.82 Å². The molecule has 8 heteroatoms. The molecule has 1 aliphatic rings. The molecule has 0 unspecified atom stereocenters. The average Bonchev–Trinajstić information content (AvgIpc) is 2.65. The summed E-state index contributed by atoms with van der Waals surface area (Å²) >= 11 is 1.72. The van der Waals surface area contributed by atoms with Gasteiger partial charge in [0.1, 0.15) is 0 Å². The van der Waals surface area contributed by atoms with Gasteiger partial charge in [0.15, 0.2) is 11.0 Å². The number of nitrogens with zero attached hydrogens (tertiary/aromatic N) is 5. The van der Waals surface area contributed by atoms with E-state index in [1.807, 2.05) is 17.3 Å². The normalized spacial score (nSPS) is 15.5. The predicted octanol–water partition coefficient (Wildman–Crippen LogP) is 1.77. The van der Waals surface area contributed by atoms with E-state index in [9.17, 15) is 4.79 Å². The SMILES string of the molecule is CCCCSc1ncc(CN2CCN(c3ncc[nH]c3=O)CC2)cn1. The number of piperazine rings is 1. The van der Waals surface area contributed by atoms with Crippen LogP contribution in [0.15, 0.2) is 34.7 Å². The lowest BCUT2D eigenvalue weighted by Crippen LogP contribution is -2.47. The number of nitrogens with one attached hydrogen (secondary N) is 1. The number of unbranched alkanes of at least 4 members (excludes halogenated alkanes) is 1. The first-order valence-corrected chi connectivity index (χ1v) is 9.69. The van der Waals surface area contributed by atoms with Crippen LogP contribution in [0.5, 0.6) is 0 Å². The lowest BCUT2D eigenvalue weighted by atomic mass is 10.2. The Balaban J connectivity index is 1.49. The molecule has 3 rings (SSSR count). The highest BCUT2D eigenvalue weighted by Gasteiger charge is 2.20. The van der Waals surface area contributed by atoms with Gasteiger partial charge >= 0.3 is 0 Å². The van der Waals surface area contributed by atoms with E-state index in [4.69, 9.17) is 0 Å². The van der Waals surface area contributed by atoms with Crippen LogP contribution >= 0.6 is 11.8 Å². The van der Waals surface area contributed by atoms with Gasteiger partial charge in [-0.1, -0.05) is 25.1 Å². The summed E-state index contributed by atoms with van der Waals surface area (Å²) in [6, 6.07) is 0. The van der Waals surface area contributed by atoms with Crippen molar-refractivity contribution in [2.45, 2.75) is 31.5 Å². The van der Waals surface area contributed by atoms with Crippen molar-refractivity contribution in [1.82, 2.24) is 24.8 Å². The van der Waals surface area contributed by atoms with E-state index in [0.29, 0.717) is 5.82 Å². The Kier molecular flexibility index (Phi) is 6.41. The number of aromatic amines is 1. The van der Waals surface area contributed by atoms with Gasteiger partial charge in [-0.2, -0.15) is 0 Å². The minimum Gasteiger partial charge on any atom is -0.349 e. The number of hydrogen-bond acceptors (Lipinski definition) is 7. The summed E-state index contributed by atoms with van der Waals surface area (Å²) in [5.41, 5.74) is 1.00. The molecule has 1 aliphatic heterocycles. The molecule has 25 heavy (non-hydrogen) atoms. The predicted molar refractivity (Wildman–Crippen MR) is 100 cm³/mol. The monoisotopic (exact) mass is 360 g/mol. The van der Waals surface area contributed by atoms with Gasteiger partial charge in [-0.15, -0.1) is 0 Å². The molecule has 0 aliphatic carbocycles. The van der Waals surface area contributed by atoms with Crippen LogP contribution in [0.2, 0.25) is 0 Å². The van der Waals surface area contributed by atoms with E-state index in [0.717, 1.165) is 49.2 Å². The summed E-state index contributed by atoms with van der Waals surface area (Å²) in [5, 5.41) is 0.858. The zero-order valence-electron chi connectivity index (χ0n) is 14.5. The van der Waals surface area contributed by atoms with Crippen LogP contribution in [0, 0.1) is 0 Å². The molecule has 0 atom stereocenters. The summed E-state index contributed by atoms with van der Waals surface area (Å²) in [7, 11) is 0. The van der Waals surface area contributed by atoms with Crippen LogP contribution < -0.4 is 10.5 Å². The third-order valence-electron chi connectivity index (χ3n) is 4.18. The van der Waals surface area contributed by atoms with Crippen molar-refractivity contribution in [3.63, 3.8) is 0 Å². The molecule has 1 fully saturated rings. The first kappa shape index (κ1) is 17.9. The minimum atomic E-state index is -0.125. The molecule has 134 valence electrons.